The molecule has 0 fully saturated rings. The minimum absolute atomic E-state index is 0.110. The standard InChI is InChI=1S/C15H31N3O2/c1-12(2)10-14(19)16-6-8-18(5)9-7-17-15(20)11-13(3)4/h12-13H,6-11H2,1-5H3,(H,16,19)(H,17,20). The number of nitrogens with one attached hydrogen (secondary N) is 2. The lowest BCUT2D eigenvalue weighted by Gasteiger charge is -2.17. The van der Waals surface area contributed by atoms with Crippen LogP contribution in [0.15, 0.2) is 0 Å². The fraction of sp³-hybridized carbons (Fsp3) is 0.867. The summed E-state index contributed by atoms with van der Waals surface area (Å²) in [6.07, 6.45) is 1.16. The van der Waals surface area contributed by atoms with E-state index in [1.807, 2.05) is 34.7 Å². The van der Waals surface area contributed by atoms with Gasteiger partial charge in [-0.2, -0.15) is 0 Å². The van der Waals surface area contributed by atoms with Crippen molar-refractivity contribution in [3.05, 3.63) is 0 Å². The zero-order chi connectivity index (χ0) is 15.5. The first-order chi connectivity index (χ1) is 9.31. The Morgan fingerprint density at radius 3 is 1.50 bits per heavy atom. The lowest BCUT2D eigenvalue weighted by molar-refractivity contribution is -0.122. The van der Waals surface area contributed by atoms with E-state index in [1.54, 1.807) is 0 Å². The third kappa shape index (κ3) is 12.0. The van der Waals surface area contributed by atoms with Crippen LogP contribution in [0.25, 0.3) is 0 Å². The van der Waals surface area contributed by atoms with E-state index < -0.39 is 0 Å². The number of hydrogen-bond acceptors (Lipinski definition) is 3. The highest BCUT2D eigenvalue weighted by Gasteiger charge is 2.06. The third-order valence-electron chi connectivity index (χ3n) is 2.82. The zero-order valence-corrected chi connectivity index (χ0v) is 13.7. The number of rotatable bonds is 10. The van der Waals surface area contributed by atoms with Crippen molar-refractivity contribution in [1.82, 2.24) is 15.5 Å². The smallest absolute Gasteiger partial charge is 0.220 e. The molecule has 2 N–H and O–H groups in total. The summed E-state index contributed by atoms with van der Waals surface area (Å²) in [4.78, 5) is 25.0. The lowest BCUT2D eigenvalue weighted by atomic mass is 10.1. The van der Waals surface area contributed by atoms with Gasteiger partial charge in [0, 0.05) is 39.0 Å². The fourth-order valence-electron chi connectivity index (χ4n) is 1.77. The first-order valence-electron chi connectivity index (χ1n) is 7.53. The molecule has 2 amide bonds. The van der Waals surface area contributed by atoms with E-state index in [1.165, 1.54) is 0 Å². The van der Waals surface area contributed by atoms with Crippen LogP contribution in [0.1, 0.15) is 40.5 Å². The third-order valence-corrected chi connectivity index (χ3v) is 2.82. The summed E-state index contributed by atoms with van der Waals surface area (Å²) >= 11 is 0. The highest BCUT2D eigenvalue weighted by atomic mass is 16.2. The predicted octanol–water partition coefficient (Wildman–Crippen LogP) is 1.24. The molecular weight excluding hydrogens is 254 g/mol. The van der Waals surface area contributed by atoms with Crippen molar-refractivity contribution in [3.8, 4) is 0 Å². The van der Waals surface area contributed by atoms with Crippen LogP contribution in [0.3, 0.4) is 0 Å². The number of carbonyl (C=O) groups is 2. The van der Waals surface area contributed by atoms with Crippen molar-refractivity contribution in [2.24, 2.45) is 11.8 Å². The average Bonchev–Trinajstić information content (AvgIpc) is 2.26. The van der Waals surface area contributed by atoms with Gasteiger partial charge in [-0.3, -0.25) is 9.59 Å². The molecular formula is C15H31N3O2. The minimum Gasteiger partial charge on any atom is -0.355 e. The molecule has 0 heterocycles. The summed E-state index contributed by atoms with van der Waals surface area (Å²) in [6, 6.07) is 0. The fourth-order valence-corrected chi connectivity index (χ4v) is 1.77. The molecule has 0 saturated carbocycles. The van der Waals surface area contributed by atoms with Gasteiger partial charge in [0.15, 0.2) is 0 Å². The Morgan fingerprint density at radius 2 is 1.20 bits per heavy atom. The highest BCUT2D eigenvalue weighted by molar-refractivity contribution is 5.76. The van der Waals surface area contributed by atoms with Crippen molar-refractivity contribution in [2.75, 3.05) is 33.2 Å². The van der Waals surface area contributed by atoms with Crippen LogP contribution in [0.4, 0.5) is 0 Å². The topological polar surface area (TPSA) is 61.4 Å². The second-order valence-corrected chi connectivity index (χ2v) is 6.20. The van der Waals surface area contributed by atoms with Crippen LogP contribution >= 0.6 is 0 Å². The zero-order valence-electron chi connectivity index (χ0n) is 13.7. The molecule has 5 heteroatoms. The maximum Gasteiger partial charge on any atom is 0.220 e. The summed E-state index contributed by atoms with van der Waals surface area (Å²) in [5, 5.41) is 5.80. The monoisotopic (exact) mass is 285 g/mol. The summed E-state index contributed by atoms with van der Waals surface area (Å²) in [6.45, 7) is 11.0. The van der Waals surface area contributed by atoms with Crippen LogP contribution in [-0.2, 0) is 9.59 Å². The summed E-state index contributed by atoms with van der Waals surface area (Å²) in [5.41, 5.74) is 0. The molecule has 0 aromatic rings. The van der Waals surface area contributed by atoms with Gasteiger partial charge in [0.1, 0.15) is 0 Å². The van der Waals surface area contributed by atoms with Crippen molar-refractivity contribution in [2.45, 2.75) is 40.5 Å². The van der Waals surface area contributed by atoms with Crippen molar-refractivity contribution >= 4 is 11.8 Å². The molecule has 0 aliphatic heterocycles. The molecule has 0 unspecified atom stereocenters. The SMILES string of the molecule is CC(C)CC(=O)NCCN(C)CCNC(=O)CC(C)C. The van der Waals surface area contributed by atoms with Gasteiger partial charge in [-0.25, -0.2) is 0 Å². The Kier molecular flexibility index (Phi) is 10.1. The Labute approximate surface area is 123 Å². The van der Waals surface area contributed by atoms with E-state index in [-0.39, 0.29) is 11.8 Å². The Bertz CT molecular complexity index is 263. The second-order valence-electron chi connectivity index (χ2n) is 6.20. The van der Waals surface area contributed by atoms with Crippen LogP contribution in [-0.4, -0.2) is 49.9 Å². The van der Waals surface area contributed by atoms with Gasteiger partial charge >= 0.3 is 0 Å². The van der Waals surface area contributed by atoms with Gasteiger partial charge in [-0.15, -0.1) is 0 Å². The molecule has 0 rings (SSSR count). The van der Waals surface area contributed by atoms with E-state index >= 15 is 0 Å². The summed E-state index contributed by atoms with van der Waals surface area (Å²) < 4.78 is 0. The minimum atomic E-state index is 0.110. The first kappa shape index (κ1) is 18.9. The molecule has 0 bridgehead atoms. The summed E-state index contributed by atoms with van der Waals surface area (Å²) in [5.74, 6) is 1.00. The van der Waals surface area contributed by atoms with E-state index in [2.05, 4.69) is 15.5 Å². The molecule has 118 valence electrons. The molecule has 0 radical (unpaired) electrons. The lowest BCUT2D eigenvalue weighted by Crippen LogP contribution is -2.37. The van der Waals surface area contributed by atoms with E-state index in [0.29, 0.717) is 37.8 Å². The normalized spacial score (nSPS) is 11.2. The van der Waals surface area contributed by atoms with Crippen LogP contribution in [0.5, 0.6) is 0 Å². The van der Waals surface area contributed by atoms with Gasteiger partial charge in [0.25, 0.3) is 0 Å². The molecule has 0 atom stereocenters. The molecule has 5 nitrogen and oxygen atoms in total. The number of hydrogen-bond donors (Lipinski definition) is 2. The van der Waals surface area contributed by atoms with Crippen LogP contribution < -0.4 is 10.6 Å². The van der Waals surface area contributed by atoms with E-state index in [9.17, 15) is 9.59 Å². The molecule has 0 spiro atoms. The Hall–Kier alpha value is -1.10. The van der Waals surface area contributed by atoms with E-state index in [0.717, 1.165) is 13.1 Å². The first-order valence-corrected chi connectivity index (χ1v) is 7.53. The van der Waals surface area contributed by atoms with Gasteiger partial charge in [-0.1, -0.05) is 27.7 Å². The summed E-state index contributed by atoms with van der Waals surface area (Å²) in [7, 11) is 1.99. The Balaban J connectivity index is 3.57. The average molecular weight is 285 g/mol. The van der Waals surface area contributed by atoms with Crippen molar-refractivity contribution in [1.29, 1.82) is 0 Å². The van der Waals surface area contributed by atoms with Crippen molar-refractivity contribution < 1.29 is 9.59 Å². The maximum absolute atomic E-state index is 11.5. The van der Waals surface area contributed by atoms with Gasteiger partial charge in [0.2, 0.25) is 11.8 Å². The largest absolute Gasteiger partial charge is 0.355 e. The molecule has 0 aliphatic carbocycles. The predicted molar refractivity (Wildman–Crippen MR) is 82.4 cm³/mol. The van der Waals surface area contributed by atoms with Crippen molar-refractivity contribution in [3.63, 3.8) is 0 Å². The molecule has 0 aromatic carbocycles. The van der Waals surface area contributed by atoms with E-state index in [4.69, 9.17) is 0 Å². The molecule has 0 aromatic heterocycles. The highest BCUT2D eigenvalue weighted by Crippen LogP contribution is 1.98. The Morgan fingerprint density at radius 1 is 0.850 bits per heavy atom. The van der Waals surface area contributed by atoms with Gasteiger partial charge < -0.3 is 15.5 Å². The van der Waals surface area contributed by atoms with Gasteiger partial charge in [0.05, 0.1) is 0 Å². The van der Waals surface area contributed by atoms with Crippen LogP contribution in [0, 0.1) is 11.8 Å². The van der Waals surface area contributed by atoms with Crippen LogP contribution in [0.2, 0.25) is 0 Å². The number of amides is 2. The number of nitrogens with zero attached hydrogens (tertiary/aromatic N) is 1. The molecule has 0 aliphatic rings. The maximum atomic E-state index is 11.5. The molecule has 0 saturated heterocycles. The number of carbonyl (C=O) groups excluding carboxylic acids is 2. The second kappa shape index (κ2) is 10.7. The van der Waals surface area contributed by atoms with Gasteiger partial charge in [-0.05, 0) is 18.9 Å². The number of likely N-dealkylation sites (N-methyl/N-ethyl adjacent to an activating group) is 1. The molecule has 20 heavy (non-hydrogen) atoms. The quantitative estimate of drug-likeness (QED) is 0.635.